The van der Waals surface area contributed by atoms with E-state index in [0.717, 1.165) is 24.8 Å². The van der Waals surface area contributed by atoms with Crippen LogP contribution in [-0.2, 0) is 11.3 Å². The van der Waals surface area contributed by atoms with Gasteiger partial charge < -0.3 is 10.2 Å². The Hall–Kier alpha value is -2.83. The van der Waals surface area contributed by atoms with E-state index >= 15 is 0 Å². The number of nitrogens with one attached hydrogen (secondary N) is 1. The van der Waals surface area contributed by atoms with E-state index in [2.05, 4.69) is 15.3 Å². The summed E-state index contributed by atoms with van der Waals surface area (Å²) in [5.74, 6) is -1.41. The van der Waals surface area contributed by atoms with E-state index in [9.17, 15) is 14.0 Å². The Kier molecular flexibility index (Phi) is 4.59. The first-order valence-corrected chi connectivity index (χ1v) is 9.15. The normalized spacial score (nSPS) is 20.3. The molecule has 1 spiro atoms. The Morgan fingerprint density at radius 2 is 2.07 bits per heavy atom. The molecular weight excluding hydrogens is 347 g/mol. The highest BCUT2D eigenvalue weighted by Gasteiger charge is 2.54. The van der Waals surface area contributed by atoms with Crippen LogP contribution in [0.3, 0.4) is 0 Å². The summed E-state index contributed by atoms with van der Waals surface area (Å²) in [6.45, 7) is 1.18. The highest BCUT2D eigenvalue weighted by molar-refractivity contribution is 5.93. The number of rotatable bonds is 4. The second-order valence-electron chi connectivity index (χ2n) is 7.37. The van der Waals surface area contributed by atoms with Crippen molar-refractivity contribution in [2.75, 3.05) is 13.1 Å². The van der Waals surface area contributed by atoms with Crippen LogP contribution in [0.25, 0.3) is 0 Å². The molecule has 140 valence electrons. The molecule has 1 N–H and O–H groups in total. The summed E-state index contributed by atoms with van der Waals surface area (Å²) in [4.78, 5) is 35.1. The molecule has 1 aliphatic heterocycles. The first-order chi connectivity index (χ1) is 13.1. The summed E-state index contributed by atoms with van der Waals surface area (Å²) < 4.78 is 14.0. The van der Waals surface area contributed by atoms with Crippen LogP contribution in [0, 0.1) is 17.2 Å². The zero-order valence-corrected chi connectivity index (χ0v) is 14.9. The number of carbonyl (C=O) groups excluding carboxylic acids is 2. The molecule has 2 aliphatic rings. The Morgan fingerprint density at radius 3 is 2.74 bits per heavy atom. The second-order valence-corrected chi connectivity index (χ2v) is 7.37. The van der Waals surface area contributed by atoms with Crippen molar-refractivity contribution in [1.29, 1.82) is 0 Å². The second kappa shape index (κ2) is 7.06. The third kappa shape index (κ3) is 3.29. The van der Waals surface area contributed by atoms with Gasteiger partial charge in [0, 0.05) is 43.6 Å². The van der Waals surface area contributed by atoms with Crippen molar-refractivity contribution in [2.24, 2.45) is 11.3 Å². The molecule has 1 unspecified atom stereocenters. The molecule has 7 heteroatoms. The molecule has 1 atom stereocenters. The number of pyridine rings is 2. The average Bonchev–Trinajstić information content (AvgIpc) is 3.08. The van der Waals surface area contributed by atoms with E-state index in [1.165, 1.54) is 18.3 Å². The molecule has 1 saturated carbocycles. The van der Waals surface area contributed by atoms with Crippen LogP contribution in [0.4, 0.5) is 4.39 Å². The number of halogens is 1. The van der Waals surface area contributed by atoms with Crippen LogP contribution in [0.15, 0.2) is 42.9 Å². The molecule has 2 amide bonds. The predicted molar refractivity (Wildman–Crippen MR) is 96.0 cm³/mol. The molecule has 1 saturated heterocycles. The van der Waals surface area contributed by atoms with Gasteiger partial charge in [0.05, 0.1) is 5.92 Å². The summed E-state index contributed by atoms with van der Waals surface area (Å²) >= 11 is 0. The van der Waals surface area contributed by atoms with Gasteiger partial charge in [-0.3, -0.25) is 14.6 Å². The quantitative estimate of drug-likeness (QED) is 0.898. The number of hydrogen-bond donors (Lipinski definition) is 1. The summed E-state index contributed by atoms with van der Waals surface area (Å²) in [7, 11) is 0. The van der Waals surface area contributed by atoms with Crippen molar-refractivity contribution in [2.45, 2.75) is 25.8 Å². The molecule has 1 aliphatic carbocycles. The molecule has 0 radical (unpaired) electrons. The number of likely N-dealkylation sites (tertiary alicyclic amines) is 1. The Bertz CT molecular complexity index is 854. The van der Waals surface area contributed by atoms with E-state index in [1.54, 1.807) is 17.3 Å². The lowest BCUT2D eigenvalue weighted by atomic mass is 9.62. The lowest BCUT2D eigenvalue weighted by Gasteiger charge is -2.41. The monoisotopic (exact) mass is 368 g/mol. The fourth-order valence-electron chi connectivity index (χ4n) is 4.13. The average molecular weight is 368 g/mol. The number of nitrogens with zero attached hydrogens (tertiary/aromatic N) is 3. The number of carbonyl (C=O) groups is 2. The van der Waals surface area contributed by atoms with Crippen LogP contribution in [0.1, 0.15) is 35.3 Å². The van der Waals surface area contributed by atoms with Gasteiger partial charge in [0.2, 0.25) is 5.91 Å². The molecule has 6 nitrogen and oxygen atoms in total. The van der Waals surface area contributed by atoms with E-state index in [1.807, 2.05) is 12.1 Å². The minimum Gasteiger partial charge on any atom is -0.352 e. The van der Waals surface area contributed by atoms with Crippen molar-refractivity contribution in [3.8, 4) is 0 Å². The fourth-order valence-corrected chi connectivity index (χ4v) is 4.13. The molecule has 0 bridgehead atoms. The van der Waals surface area contributed by atoms with Crippen molar-refractivity contribution in [3.63, 3.8) is 0 Å². The van der Waals surface area contributed by atoms with E-state index < -0.39 is 11.7 Å². The van der Waals surface area contributed by atoms with Crippen molar-refractivity contribution in [3.05, 3.63) is 59.9 Å². The standard InChI is InChI=1S/C20H21FN4O2/c21-16-5-2-9-23-17(16)19(27)25-12-15(20(13-25)6-3-7-20)18(26)24-11-14-4-1-8-22-10-14/h1-2,4-5,8-10,15H,3,6-7,11-13H2,(H,24,26). The summed E-state index contributed by atoms with van der Waals surface area (Å²) in [5, 5.41) is 2.97. The summed E-state index contributed by atoms with van der Waals surface area (Å²) in [6, 6.07) is 6.42. The van der Waals surface area contributed by atoms with E-state index in [0.29, 0.717) is 19.6 Å². The Morgan fingerprint density at radius 1 is 1.26 bits per heavy atom. The van der Waals surface area contributed by atoms with Gasteiger partial charge in [-0.25, -0.2) is 9.37 Å². The minimum atomic E-state index is -0.630. The first-order valence-electron chi connectivity index (χ1n) is 9.15. The summed E-state index contributed by atoms with van der Waals surface area (Å²) in [6.07, 6.45) is 7.68. The molecule has 2 aromatic heterocycles. The van der Waals surface area contributed by atoms with Crippen molar-refractivity contribution < 1.29 is 14.0 Å². The molecule has 3 heterocycles. The maximum Gasteiger partial charge on any atom is 0.275 e. The van der Waals surface area contributed by atoms with Gasteiger partial charge in [0.1, 0.15) is 0 Å². The Balaban J connectivity index is 1.47. The maximum atomic E-state index is 14.0. The van der Waals surface area contributed by atoms with Crippen LogP contribution < -0.4 is 5.32 Å². The van der Waals surface area contributed by atoms with Crippen LogP contribution in [0.2, 0.25) is 0 Å². The zero-order chi connectivity index (χ0) is 18.9. The largest absolute Gasteiger partial charge is 0.352 e. The van der Waals surface area contributed by atoms with Crippen LogP contribution in [-0.4, -0.2) is 39.8 Å². The van der Waals surface area contributed by atoms with Gasteiger partial charge in [-0.1, -0.05) is 12.5 Å². The topological polar surface area (TPSA) is 75.2 Å². The highest BCUT2D eigenvalue weighted by atomic mass is 19.1. The molecule has 2 aromatic rings. The van der Waals surface area contributed by atoms with Gasteiger partial charge >= 0.3 is 0 Å². The van der Waals surface area contributed by atoms with Gasteiger partial charge in [-0.15, -0.1) is 0 Å². The third-order valence-corrected chi connectivity index (χ3v) is 5.75. The molecule has 4 rings (SSSR count). The van der Waals surface area contributed by atoms with Crippen LogP contribution in [0.5, 0.6) is 0 Å². The van der Waals surface area contributed by atoms with Crippen LogP contribution >= 0.6 is 0 Å². The lowest BCUT2D eigenvalue weighted by molar-refractivity contribution is -0.129. The van der Waals surface area contributed by atoms with E-state index in [-0.39, 0.29) is 22.9 Å². The number of aromatic nitrogens is 2. The molecule has 0 aromatic carbocycles. The van der Waals surface area contributed by atoms with Gasteiger partial charge in [-0.2, -0.15) is 0 Å². The molecule has 2 fully saturated rings. The third-order valence-electron chi connectivity index (χ3n) is 5.75. The lowest BCUT2D eigenvalue weighted by Crippen LogP contribution is -2.45. The predicted octanol–water partition coefficient (Wildman–Crippen LogP) is 2.17. The van der Waals surface area contributed by atoms with Crippen molar-refractivity contribution in [1.82, 2.24) is 20.2 Å². The zero-order valence-electron chi connectivity index (χ0n) is 14.9. The SMILES string of the molecule is O=C(NCc1cccnc1)C1CN(C(=O)c2ncccc2F)CC12CCC2. The highest BCUT2D eigenvalue weighted by Crippen LogP contribution is 2.52. The number of amides is 2. The first kappa shape index (κ1) is 17.6. The van der Waals surface area contributed by atoms with Gasteiger partial charge in [0.25, 0.3) is 5.91 Å². The van der Waals surface area contributed by atoms with E-state index in [4.69, 9.17) is 0 Å². The number of hydrogen-bond acceptors (Lipinski definition) is 4. The van der Waals surface area contributed by atoms with Crippen molar-refractivity contribution >= 4 is 11.8 Å². The molecular formula is C20H21FN4O2. The summed E-state index contributed by atoms with van der Waals surface area (Å²) in [5.41, 5.74) is 0.554. The maximum absolute atomic E-state index is 14.0. The smallest absolute Gasteiger partial charge is 0.275 e. The van der Waals surface area contributed by atoms with Gasteiger partial charge in [0.15, 0.2) is 11.5 Å². The van der Waals surface area contributed by atoms with Gasteiger partial charge in [-0.05, 0) is 36.6 Å². The fraction of sp³-hybridized carbons (Fsp3) is 0.400. The minimum absolute atomic E-state index is 0.0599. The Labute approximate surface area is 156 Å². The molecule has 27 heavy (non-hydrogen) atoms.